The number of rotatable bonds is 4. The normalized spacial score (nSPS) is 13.4. The van der Waals surface area contributed by atoms with Gasteiger partial charge >= 0.3 is 0 Å². The molecule has 1 amide bonds. The molecular formula is C12H17N7O. The number of nitrogen functional groups attached to an aromatic ring is 1. The smallest absolute Gasteiger partial charge is 0.244 e. The molecule has 1 aliphatic heterocycles. The fourth-order valence-electron chi connectivity index (χ4n) is 2.35. The summed E-state index contributed by atoms with van der Waals surface area (Å²) in [6.07, 6.45) is 5.23. The summed E-state index contributed by atoms with van der Waals surface area (Å²) in [7, 11) is 1.76. The molecule has 0 unspecified atom stereocenters. The first-order valence-corrected chi connectivity index (χ1v) is 6.56. The molecule has 3 rings (SSSR count). The van der Waals surface area contributed by atoms with E-state index in [0.717, 1.165) is 31.0 Å². The van der Waals surface area contributed by atoms with Gasteiger partial charge in [0.25, 0.3) is 0 Å². The lowest BCUT2D eigenvalue weighted by atomic mass is 10.4. The zero-order valence-electron chi connectivity index (χ0n) is 11.4. The first kappa shape index (κ1) is 12.6. The Balaban J connectivity index is 1.63. The zero-order chi connectivity index (χ0) is 14.1. The molecule has 0 aromatic carbocycles. The standard InChI is InChI=1S/C12H17N7O/c1-17(12(20)8-18-6-9(13)5-14-18)7-11-16-15-10-3-2-4-19(10)11/h5-6H,2-4,7-8,13H2,1H3. The van der Waals surface area contributed by atoms with E-state index >= 15 is 0 Å². The molecule has 0 spiro atoms. The zero-order valence-corrected chi connectivity index (χ0v) is 11.4. The quantitative estimate of drug-likeness (QED) is 0.823. The van der Waals surface area contributed by atoms with E-state index < -0.39 is 0 Å². The van der Waals surface area contributed by atoms with E-state index in [9.17, 15) is 4.79 Å². The van der Waals surface area contributed by atoms with Crippen LogP contribution in [0.1, 0.15) is 18.1 Å². The lowest BCUT2D eigenvalue weighted by Crippen LogP contribution is -2.31. The van der Waals surface area contributed by atoms with Crippen molar-refractivity contribution in [1.29, 1.82) is 0 Å². The Hall–Kier alpha value is -2.38. The summed E-state index contributed by atoms with van der Waals surface area (Å²) in [6, 6.07) is 0. The number of likely N-dealkylation sites (N-methyl/N-ethyl adjacent to an activating group) is 1. The molecule has 0 bridgehead atoms. The van der Waals surface area contributed by atoms with Crippen molar-refractivity contribution in [3.63, 3.8) is 0 Å². The van der Waals surface area contributed by atoms with Crippen molar-refractivity contribution in [2.24, 2.45) is 0 Å². The van der Waals surface area contributed by atoms with E-state index in [2.05, 4.69) is 19.9 Å². The summed E-state index contributed by atoms with van der Waals surface area (Å²) in [5, 5.41) is 12.3. The van der Waals surface area contributed by atoms with E-state index in [0.29, 0.717) is 12.2 Å². The Morgan fingerprint density at radius 3 is 3.10 bits per heavy atom. The average Bonchev–Trinajstić information content (AvgIpc) is 3.08. The van der Waals surface area contributed by atoms with Crippen LogP contribution in [0.25, 0.3) is 0 Å². The van der Waals surface area contributed by atoms with Crippen LogP contribution in [0.3, 0.4) is 0 Å². The van der Waals surface area contributed by atoms with Gasteiger partial charge in [-0.1, -0.05) is 0 Å². The third-order valence-corrected chi connectivity index (χ3v) is 3.44. The maximum Gasteiger partial charge on any atom is 0.244 e. The molecule has 1 aliphatic rings. The number of hydrogen-bond acceptors (Lipinski definition) is 5. The van der Waals surface area contributed by atoms with Crippen LogP contribution in [0.5, 0.6) is 0 Å². The minimum atomic E-state index is -0.0385. The van der Waals surface area contributed by atoms with Gasteiger partial charge in [-0.15, -0.1) is 10.2 Å². The van der Waals surface area contributed by atoms with Crippen LogP contribution in [-0.2, 0) is 30.8 Å². The molecule has 8 nitrogen and oxygen atoms in total. The Kier molecular flexibility index (Phi) is 3.13. The van der Waals surface area contributed by atoms with Crippen LogP contribution in [-0.4, -0.2) is 42.4 Å². The van der Waals surface area contributed by atoms with Crippen molar-refractivity contribution < 1.29 is 4.79 Å². The van der Waals surface area contributed by atoms with Crippen molar-refractivity contribution >= 4 is 11.6 Å². The highest BCUT2D eigenvalue weighted by molar-refractivity contribution is 5.75. The number of nitrogens with zero attached hydrogens (tertiary/aromatic N) is 6. The average molecular weight is 275 g/mol. The molecular weight excluding hydrogens is 258 g/mol. The summed E-state index contributed by atoms with van der Waals surface area (Å²) < 4.78 is 3.62. The second-order valence-corrected chi connectivity index (χ2v) is 5.01. The Morgan fingerprint density at radius 1 is 1.50 bits per heavy atom. The predicted octanol–water partition coefficient (Wildman–Crippen LogP) is -0.338. The number of hydrogen-bond donors (Lipinski definition) is 1. The molecule has 0 aliphatic carbocycles. The Bertz CT molecular complexity index is 630. The maximum atomic E-state index is 12.1. The van der Waals surface area contributed by atoms with E-state index in [1.807, 2.05) is 0 Å². The van der Waals surface area contributed by atoms with Crippen molar-refractivity contribution in [2.45, 2.75) is 32.5 Å². The van der Waals surface area contributed by atoms with Crippen LogP contribution in [0, 0.1) is 0 Å². The van der Waals surface area contributed by atoms with Crippen molar-refractivity contribution in [2.75, 3.05) is 12.8 Å². The second kappa shape index (κ2) is 4.95. The number of nitrogens with two attached hydrogens (primary N) is 1. The Labute approximate surface area is 116 Å². The van der Waals surface area contributed by atoms with Gasteiger partial charge in [-0.25, -0.2) is 0 Å². The molecule has 20 heavy (non-hydrogen) atoms. The number of carbonyl (C=O) groups is 1. The topological polar surface area (TPSA) is 94.9 Å². The summed E-state index contributed by atoms with van der Waals surface area (Å²) in [6.45, 7) is 1.58. The van der Waals surface area contributed by atoms with Gasteiger partial charge in [0.2, 0.25) is 5.91 Å². The lowest BCUT2D eigenvalue weighted by molar-refractivity contribution is -0.131. The fourth-order valence-corrected chi connectivity index (χ4v) is 2.35. The van der Waals surface area contributed by atoms with Crippen molar-refractivity contribution in [3.05, 3.63) is 24.0 Å². The number of amides is 1. The van der Waals surface area contributed by atoms with Crippen LogP contribution < -0.4 is 5.73 Å². The summed E-state index contributed by atoms with van der Waals surface area (Å²) in [5.74, 6) is 1.82. The van der Waals surface area contributed by atoms with Crippen LogP contribution in [0.2, 0.25) is 0 Å². The summed E-state index contributed by atoms with van der Waals surface area (Å²) in [5.41, 5.74) is 6.12. The van der Waals surface area contributed by atoms with E-state index in [4.69, 9.17) is 5.73 Å². The first-order valence-electron chi connectivity index (χ1n) is 6.56. The molecule has 0 fully saturated rings. The van der Waals surface area contributed by atoms with Crippen LogP contribution in [0.15, 0.2) is 12.4 Å². The van der Waals surface area contributed by atoms with Crippen molar-refractivity contribution in [3.8, 4) is 0 Å². The predicted molar refractivity (Wildman–Crippen MR) is 71.5 cm³/mol. The molecule has 106 valence electrons. The van der Waals surface area contributed by atoms with Crippen molar-refractivity contribution in [1.82, 2.24) is 29.4 Å². The molecule has 2 aromatic heterocycles. The van der Waals surface area contributed by atoms with Gasteiger partial charge < -0.3 is 15.2 Å². The third-order valence-electron chi connectivity index (χ3n) is 3.44. The van der Waals surface area contributed by atoms with Gasteiger partial charge in [-0.05, 0) is 6.42 Å². The molecule has 0 radical (unpaired) electrons. The highest BCUT2D eigenvalue weighted by Gasteiger charge is 2.20. The van der Waals surface area contributed by atoms with Gasteiger partial charge in [0, 0.05) is 26.2 Å². The minimum absolute atomic E-state index is 0.0385. The largest absolute Gasteiger partial charge is 0.396 e. The fraction of sp³-hybridized carbons (Fsp3) is 0.500. The molecule has 0 saturated carbocycles. The van der Waals surface area contributed by atoms with E-state index in [-0.39, 0.29) is 12.5 Å². The Morgan fingerprint density at radius 2 is 2.35 bits per heavy atom. The SMILES string of the molecule is CN(Cc1nnc2n1CCC2)C(=O)Cn1cc(N)cn1. The van der Waals surface area contributed by atoms with Gasteiger partial charge in [0.15, 0.2) is 5.82 Å². The highest BCUT2D eigenvalue weighted by atomic mass is 16.2. The number of carbonyl (C=O) groups excluding carboxylic acids is 1. The molecule has 8 heteroatoms. The van der Waals surface area contributed by atoms with Gasteiger partial charge in [0.05, 0.1) is 18.4 Å². The van der Waals surface area contributed by atoms with Gasteiger partial charge in [0.1, 0.15) is 12.4 Å². The molecule has 0 saturated heterocycles. The number of aryl methyl sites for hydroxylation is 1. The monoisotopic (exact) mass is 275 g/mol. The van der Waals surface area contributed by atoms with Gasteiger partial charge in [-0.3, -0.25) is 9.48 Å². The highest BCUT2D eigenvalue weighted by Crippen LogP contribution is 2.15. The minimum Gasteiger partial charge on any atom is -0.396 e. The lowest BCUT2D eigenvalue weighted by Gasteiger charge is -2.16. The molecule has 3 heterocycles. The molecule has 2 aromatic rings. The maximum absolute atomic E-state index is 12.1. The summed E-state index contributed by atoms with van der Waals surface area (Å²) >= 11 is 0. The van der Waals surface area contributed by atoms with E-state index in [1.54, 1.807) is 18.1 Å². The summed E-state index contributed by atoms with van der Waals surface area (Å²) in [4.78, 5) is 13.7. The third kappa shape index (κ3) is 2.36. The molecule has 2 N–H and O–H groups in total. The van der Waals surface area contributed by atoms with Crippen LogP contribution >= 0.6 is 0 Å². The van der Waals surface area contributed by atoms with E-state index in [1.165, 1.54) is 10.9 Å². The molecule has 0 atom stereocenters. The number of aromatic nitrogens is 5. The number of fused-ring (bicyclic) bond motifs is 1. The first-order chi connectivity index (χ1) is 9.63. The second-order valence-electron chi connectivity index (χ2n) is 5.01. The van der Waals surface area contributed by atoms with Gasteiger partial charge in [-0.2, -0.15) is 5.10 Å². The number of anilines is 1. The van der Waals surface area contributed by atoms with Crippen LogP contribution in [0.4, 0.5) is 5.69 Å².